The highest BCUT2D eigenvalue weighted by Crippen LogP contribution is 2.27. The van der Waals surface area contributed by atoms with E-state index in [2.05, 4.69) is 20.7 Å². The SMILES string of the molecule is COC(=O)c1ccc(OC(=O)c2ccc(OC)cc2)c(Br)c1. The second-order valence-corrected chi connectivity index (χ2v) is 5.11. The summed E-state index contributed by atoms with van der Waals surface area (Å²) >= 11 is 3.26. The monoisotopic (exact) mass is 364 g/mol. The Bertz CT molecular complexity index is 694. The molecule has 0 saturated heterocycles. The van der Waals surface area contributed by atoms with Crippen LogP contribution in [-0.2, 0) is 4.74 Å². The maximum absolute atomic E-state index is 12.1. The molecule has 22 heavy (non-hydrogen) atoms. The highest BCUT2D eigenvalue weighted by molar-refractivity contribution is 9.10. The summed E-state index contributed by atoms with van der Waals surface area (Å²) in [5, 5.41) is 0. The molecule has 0 bridgehead atoms. The lowest BCUT2D eigenvalue weighted by Gasteiger charge is -2.08. The Balaban J connectivity index is 2.15. The first kappa shape index (κ1) is 16.0. The van der Waals surface area contributed by atoms with Gasteiger partial charge in [-0.1, -0.05) is 0 Å². The molecule has 0 spiro atoms. The number of hydrogen-bond acceptors (Lipinski definition) is 5. The maximum atomic E-state index is 12.1. The van der Waals surface area contributed by atoms with Crippen LogP contribution in [0.25, 0.3) is 0 Å². The molecule has 0 aliphatic heterocycles. The number of carbonyl (C=O) groups is 2. The van der Waals surface area contributed by atoms with Crippen LogP contribution in [0, 0.1) is 0 Å². The third-order valence-electron chi connectivity index (χ3n) is 2.88. The van der Waals surface area contributed by atoms with Gasteiger partial charge in [0.25, 0.3) is 0 Å². The molecular weight excluding hydrogens is 352 g/mol. The van der Waals surface area contributed by atoms with Crippen LogP contribution >= 0.6 is 15.9 Å². The van der Waals surface area contributed by atoms with Gasteiger partial charge in [-0.05, 0) is 58.4 Å². The van der Waals surface area contributed by atoms with E-state index in [1.165, 1.54) is 25.3 Å². The molecule has 0 aliphatic carbocycles. The minimum atomic E-state index is -0.505. The maximum Gasteiger partial charge on any atom is 0.343 e. The molecule has 0 saturated carbocycles. The van der Waals surface area contributed by atoms with Gasteiger partial charge < -0.3 is 14.2 Å². The fraction of sp³-hybridized carbons (Fsp3) is 0.125. The van der Waals surface area contributed by atoms with Gasteiger partial charge in [0.2, 0.25) is 0 Å². The number of rotatable bonds is 4. The number of halogens is 1. The second kappa shape index (κ2) is 7.09. The lowest BCUT2D eigenvalue weighted by molar-refractivity contribution is 0.0600. The quantitative estimate of drug-likeness (QED) is 0.613. The molecule has 0 atom stereocenters. The Labute approximate surface area is 135 Å². The van der Waals surface area contributed by atoms with Gasteiger partial charge in [-0.25, -0.2) is 9.59 Å². The topological polar surface area (TPSA) is 61.8 Å². The van der Waals surface area contributed by atoms with Crippen LogP contribution in [0.3, 0.4) is 0 Å². The highest BCUT2D eigenvalue weighted by Gasteiger charge is 2.13. The Hall–Kier alpha value is -2.34. The highest BCUT2D eigenvalue weighted by atomic mass is 79.9. The summed E-state index contributed by atoms with van der Waals surface area (Å²) in [6, 6.07) is 11.1. The van der Waals surface area contributed by atoms with E-state index in [9.17, 15) is 9.59 Å². The molecule has 0 amide bonds. The first-order valence-electron chi connectivity index (χ1n) is 6.29. The molecule has 2 aromatic carbocycles. The van der Waals surface area contributed by atoms with E-state index in [0.717, 1.165) is 0 Å². The van der Waals surface area contributed by atoms with Crippen LogP contribution in [0.15, 0.2) is 46.9 Å². The normalized spacial score (nSPS) is 9.95. The van der Waals surface area contributed by atoms with E-state index in [4.69, 9.17) is 9.47 Å². The molecule has 2 aromatic rings. The van der Waals surface area contributed by atoms with Crippen LogP contribution in [0.5, 0.6) is 11.5 Å². The zero-order valence-electron chi connectivity index (χ0n) is 12.0. The lowest BCUT2D eigenvalue weighted by atomic mass is 10.2. The third-order valence-corrected chi connectivity index (χ3v) is 3.50. The van der Waals surface area contributed by atoms with Gasteiger partial charge in [-0.15, -0.1) is 0 Å². The average molecular weight is 365 g/mol. The fourth-order valence-corrected chi connectivity index (χ4v) is 2.17. The third kappa shape index (κ3) is 3.65. The van der Waals surface area contributed by atoms with E-state index in [1.54, 1.807) is 31.4 Å². The van der Waals surface area contributed by atoms with Crippen molar-refractivity contribution in [1.82, 2.24) is 0 Å². The fourth-order valence-electron chi connectivity index (χ4n) is 1.71. The van der Waals surface area contributed by atoms with E-state index >= 15 is 0 Å². The Morgan fingerprint density at radius 2 is 1.55 bits per heavy atom. The molecule has 0 radical (unpaired) electrons. The van der Waals surface area contributed by atoms with Crippen LogP contribution in [0.1, 0.15) is 20.7 Å². The molecule has 0 fully saturated rings. The summed E-state index contributed by atoms with van der Waals surface area (Å²) in [6.07, 6.45) is 0. The number of hydrogen-bond donors (Lipinski definition) is 0. The van der Waals surface area contributed by atoms with Crippen molar-refractivity contribution in [2.75, 3.05) is 14.2 Å². The molecule has 114 valence electrons. The van der Waals surface area contributed by atoms with E-state index < -0.39 is 11.9 Å². The molecule has 0 N–H and O–H groups in total. The van der Waals surface area contributed by atoms with Crippen LogP contribution in [0.2, 0.25) is 0 Å². The van der Waals surface area contributed by atoms with Gasteiger partial charge in [0.05, 0.1) is 29.8 Å². The van der Waals surface area contributed by atoms with E-state index in [-0.39, 0.29) is 0 Å². The van der Waals surface area contributed by atoms with Gasteiger partial charge in [0.1, 0.15) is 11.5 Å². The summed E-state index contributed by atoms with van der Waals surface area (Å²) in [5.74, 6) is -0.00321. The predicted octanol–water partition coefficient (Wildman–Crippen LogP) is 3.46. The Morgan fingerprint density at radius 3 is 2.09 bits per heavy atom. The van der Waals surface area contributed by atoms with Crippen molar-refractivity contribution in [3.05, 3.63) is 58.1 Å². The van der Waals surface area contributed by atoms with Gasteiger partial charge in [-0.3, -0.25) is 0 Å². The smallest absolute Gasteiger partial charge is 0.343 e. The Kier molecular flexibility index (Phi) is 5.16. The van der Waals surface area contributed by atoms with Gasteiger partial charge in [-0.2, -0.15) is 0 Å². The van der Waals surface area contributed by atoms with Crippen LogP contribution in [-0.4, -0.2) is 26.2 Å². The van der Waals surface area contributed by atoms with Gasteiger partial charge in [0, 0.05) is 0 Å². The van der Waals surface area contributed by atoms with Crippen molar-refractivity contribution in [3.8, 4) is 11.5 Å². The Morgan fingerprint density at radius 1 is 0.909 bits per heavy atom. The first-order valence-corrected chi connectivity index (χ1v) is 7.08. The van der Waals surface area contributed by atoms with Crippen molar-refractivity contribution in [2.45, 2.75) is 0 Å². The number of carbonyl (C=O) groups excluding carboxylic acids is 2. The van der Waals surface area contributed by atoms with E-state index in [1.807, 2.05) is 0 Å². The molecule has 0 unspecified atom stereocenters. The zero-order chi connectivity index (χ0) is 16.1. The van der Waals surface area contributed by atoms with E-state index in [0.29, 0.717) is 27.1 Å². The number of esters is 2. The van der Waals surface area contributed by atoms with Crippen LogP contribution in [0.4, 0.5) is 0 Å². The predicted molar refractivity (Wildman–Crippen MR) is 83.4 cm³/mol. The summed E-state index contributed by atoms with van der Waals surface area (Å²) in [4.78, 5) is 23.5. The number of benzene rings is 2. The molecule has 0 heterocycles. The second-order valence-electron chi connectivity index (χ2n) is 4.25. The summed E-state index contributed by atoms with van der Waals surface area (Å²) in [6.45, 7) is 0. The summed E-state index contributed by atoms with van der Waals surface area (Å²) < 4.78 is 15.4. The molecule has 0 aromatic heterocycles. The molecule has 2 rings (SSSR count). The minimum absolute atomic E-state index is 0.313. The first-order chi connectivity index (χ1) is 10.5. The average Bonchev–Trinajstić information content (AvgIpc) is 2.55. The molecular formula is C16H13BrO5. The molecule has 6 heteroatoms. The summed E-state index contributed by atoms with van der Waals surface area (Å²) in [7, 11) is 2.85. The van der Waals surface area contributed by atoms with Crippen molar-refractivity contribution in [1.29, 1.82) is 0 Å². The number of ether oxygens (including phenoxy) is 3. The van der Waals surface area contributed by atoms with Crippen molar-refractivity contribution < 1.29 is 23.8 Å². The lowest BCUT2D eigenvalue weighted by Crippen LogP contribution is -2.09. The van der Waals surface area contributed by atoms with Crippen molar-refractivity contribution in [3.63, 3.8) is 0 Å². The molecule has 5 nitrogen and oxygen atoms in total. The number of methoxy groups -OCH3 is 2. The minimum Gasteiger partial charge on any atom is -0.497 e. The van der Waals surface area contributed by atoms with Crippen molar-refractivity contribution in [2.24, 2.45) is 0 Å². The summed E-state index contributed by atoms with van der Waals surface area (Å²) in [5.41, 5.74) is 0.753. The van der Waals surface area contributed by atoms with Gasteiger partial charge in [0.15, 0.2) is 0 Å². The zero-order valence-corrected chi connectivity index (χ0v) is 13.5. The van der Waals surface area contributed by atoms with Gasteiger partial charge >= 0.3 is 11.9 Å². The largest absolute Gasteiger partial charge is 0.497 e. The molecule has 0 aliphatic rings. The van der Waals surface area contributed by atoms with Crippen LogP contribution < -0.4 is 9.47 Å². The van der Waals surface area contributed by atoms with Crippen molar-refractivity contribution >= 4 is 27.9 Å². The standard InChI is InChI=1S/C16H13BrO5/c1-20-12-6-3-10(4-7-12)16(19)22-14-8-5-11(9-13(14)17)15(18)21-2/h3-9H,1-2H3.